The van der Waals surface area contributed by atoms with Gasteiger partial charge in [0.15, 0.2) is 0 Å². The van der Waals surface area contributed by atoms with Crippen LogP contribution in [0.15, 0.2) is 54.6 Å². The fraction of sp³-hybridized carbons (Fsp3) is 0.409. The minimum absolute atomic E-state index is 0.161. The monoisotopic (exact) mass is 334 g/mol. The van der Waals surface area contributed by atoms with E-state index in [9.17, 15) is 4.79 Å². The third-order valence-corrected chi connectivity index (χ3v) is 5.96. The maximum Gasteiger partial charge on any atom is 0.224 e. The van der Waals surface area contributed by atoms with Crippen LogP contribution in [-0.2, 0) is 4.79 Å². The van der Waals surface area contributed by atoms with E-state index in [0.29, 0.717) is 11.8 Å². The molecule has 2 aromatic rings. The molecule has 0 saturated heterocycles. The fourth-order valence-electron chi connectivity index (χ4n) is 4.57. The molecular weight excluding hydrogens is 308 g/mol. The molecule has 3 unspecified atom stereocenters. The van der Waals surface area contributed by atoms with Gasteiger partial charge < -0.3 is 10.2 Å². The molecule has 1 N–H and O–H groups in total. The smallest absolute Gasteiger partial charge is 0.224 e. The zero-order valence-corrected chi connectivity index (χ0v) is 15.0. The highest BCUT2D eigenvalue weighted by molar-refractivity contribution is 5.94. The highest BCUT2D eigenvalue weighted by Crippen LogP contribution is 2.48. The second-order valence-electron chi connectivity index (χ2n) is 7.48. The standard InChI is InChI=1S/C22H26N2O/c1-15-21(23-18-11-4-3-5-12-18)19-13-6-7-14-20(19)24(16(2)25)22(15)17-9-8-10-17/h3-7,11-15,17,21-23H,8-10H2,1-2H3. The van der Waals surface area contributed by atoms with Gasteiger partial charge in [0, 0.05) is 30.3 Å². The number of nitrogens with one attached hydrogen (secondary N) is 1. The fourth-order valence-corrected chi connectivity index (χ4v) is 4.57. The summed E-state index contributed by atoms with van der Waals surface area (Å²) in [5, 5.41) is 3.74. The largest absolute Gasteiger partial charge is 0.378 e. The molecule has 2 aromatic carbocycles. The first-order valence-electron chi connectivity index (χ1n) is 9.37. The van der Waals surface area contributed by atoms with E-state index in [-0.39, 0.29) is 18.0 Å². The van der Waals surface area contributed by atoms with E-state index in [1.54, 1.807) is 6.92 Å². The van der Waals surface area contributed by atoms with Gasteiger partial charge in [-0.3, -0.25) is 4.79 Å². The number of carbonyl (C=O) groups is 1. The molecule has 1 saturated carbocycles. The Morgan fingerprint density at radius 1 is 1.04 bits per heavy atom. The topological polar surface area (TPSA) is 32.3 Å². The Hall–Kier alpha value is -2.29. The molecule has 0 aromatic heterocycles. The summed E-state index contributed by atoms with van der Waals surface area (Å²) in [4.78, 5) is 14.6. The summed E-state index contributed by atoms with van der Waals surface area (Å²) in [5.74, 6) is 1.14. The van der Waals surface area contributed by atoms with E-state index in [1.807, 2.05) is 12.1 Å². The number of para-hydroxylation sites is 2. The summed E-state index contributed by atoms with van der Waals surface area (Å²) in [6.45, 7) is 4.01. The summed E-state index contributed by atoms with van der Waals surface area (Å²) in [5.41, 5.74) is 3.45. The van der Waals surface area contributed by atoms with Gasteiger partial charge in [-0.05, 0) is 42.5 Å². The Morgan fingerprint density at radius 2 is 1.72 bits per heavy atom. The van der Waals surface area contributed by atoms with Crippen molar-refractivity contribution in [3.8, 4) is 0 Å². The maximum absolute atomic E-state index is 12.5. The van der Waals surface area contributed by atoms with E-state index in [0.717, 1.165) is 11.4 Å². The lowest BCUT2D eigenvalue weighted by atomic mass is 9.69. The second-order valence-corrected chi connectivity index (χ2v) is 7.48. The van der Waals surface area contributed by atoms with Crippen molar-refractivity contribution in [2.45, 2.75) is 45.2 Å². The number of hydrogen-bond acceptors (Lipinski definition) is 2. The van der Waals surface area contributed by atoms with Crippen molar-refractivity contribution in [2.24, 2.45) is 11.8 Å². The Morgan fingerprint density at radius 3 is 2.36 bits per heavy atom. The van der Waals surface area contributed by atoms with Crippen molar-refractivity contribution in [2.75, 3.05) is 10.2 Å². The number of anilines is 2. The minimum Gasteiger partial charge on any atom is -0.378 e. The van der Waals surface area contributed by atoms with Crippen LogP contribution in [0, 0.1) is 11.8 Å². The molecule has 3 heteroatoms. The summed E-state index contributed by atoms with van der Waals surface area (Å²) in [6, 6.07) is 19.3. The van der Waals surface area contributed by atoms with Gasteiger partial charge in [0.2, 0.25) is 5.91 Å². The highest BCUT2D eigenvalue weighted by atomic mass is 16.2. The summed E-state index contributed by atoms with van der Waals surface area (Å²) in [7, 11) is 0. The first kappa shape index (κ1) is 16.2. The first-order valence-corrected chi connectivity index (χ1v) is 9.37. The average molecular weight is 334 g/mol. The zero-order chi connectivity index (χ0) is 17.4. The van der Waals surface area contributed by atoms with Crippen molar-refractivity contribution < 1.29 is 4.79 Å². The number of rotatable bonds is 3. The first-order chi connectivity index (χ1) is 12.2. The molecule has 4 rings (SSSR count). The molecule has 3 nitrogen and oxygen atoms in total. The van der Waals surface area contributed by atoms with Crippen LogP contribution in [0.1, 0.15) is 44.7 Å². The predicted molar refractivity (Wildman–Crippen MR) is 103 cm³/mol. The van der Waals surface area contributed by atoms with Gasteiger partial charge in [-0.1, -0.05) is 49.7 Å². The molecule has 1 fully saturated rings. The molecule has 0 bridgehead atoms. The lowest BCUT2D eigenvalue weighted by molar-refractivity contribution is -0.118. The van der Waals surface area contributed by atoms with E-state index in [2.05, 4.69) is 59.6 Å². The Bertz CT molecular complexity index is 754. The zero-order valence-electron chi connectivity index (χ0n) is 15.0. The lowest BCUT2D eigenvalue weighted by Crippen LogP contribution is -2.54. The van der Waals surface area contributed by atoms with Gasteiger partial charge in [0.25, 0.3) is 0 Å². The van der Waals surface area contributed by atoms with Crippen LogP contribution in [-0.4, -0.2) is 11.9 Å². The van der Waals surface area contributed by atoms with Crippen molar-refractivity contribution in [3.63, 3.8) is 0 Å². The van der Waals surface area contributed by atoms with E-state index in [1.165, 1.54) is 24.8 Å². The third-order valence-electron chi connectivity index (χ3n) is 5.96. The Kier molecular flexibility index (Phi) is 4.24. The van der Waals surface area contributed by atoms with Gasteiger partial charge in [-0.15, -0.1) is 0 Å². The van der Waals surface area contributed by atoms with Crippen molar-refractivity contribution in [1.82, 2.24) is 0 Å². The molecule has 0 radical (unpaired) electrons. The van der Waals surface area contributed by atoms with Crippen molar-refractivity contribution in [1.29, 1.82) is 0 Å². The molecule has 25 heavy (non-hydrogen) atoms. The van der Waals surface area contributed by atoms with E-state index >= 15 is 0 Å². The predicted octanol–water partition coefficient (Wildman–Crippen LogP) is 5.01. The molecule has 3 atom stereocenters. The lowest BCUT2D eigenvalue weighted by Gasteiger charge is -2.50. The van der Waals surface area contributed by atoms with Crippen LogP contribution in [0.25, 0.3) is 0 Å². The number of amides is 1. The summed E-state index contributed by atoms with van der Waals surface area (Å²) in [6.07, 6.45) is 3.76. The minimum atomic E-state index is 0.161. The molecule has 0 spiro atoms. The molecule has 1 heterocycles. The van der Waals surface area contributed by atoms with Crippen LogP contribution in [0.2, 0.25) is 0 Å². The Labute approximate surface area is 150 Å². The third kappa shape index (κ3) is 2.82. The quantitative estimate of drug-likeness (QED) is 0.855. The molecule has 1 aliphatic heterocycles. The van der Waals surface area contributed by atoms with Crippen molar-refractivity contribution in [3.05, 3.63) is 60.2 Å². The maximum atomic E-state index is 12.5. The Balaban J connectivity index is 1.77. The van der Waals surface area contributed by atoms with E-state index < -0.39 is 0 Å². The number of carbonyl (C=O) groups excluding carboxylic acids is 1. The number of benzene rings is 2. The van der Waals surface area contributed by atoms with Crippen LogP contribution >= 0.6 is 0 Å². The highest BCUT2D eigenvalue weighted by Gasteiger charge is 2.45. The molecule has 1 amide bonds. The number of fused-ring (bicyclic) bond motifs is 1. The van der Waals surface area contributed by atoms with Crippen LogP contribution in [0.3, 0.4) is 0 Å². The molecule has 2 aliphatic rings. The number of nitrogens with zero attached hydrogens (tertiary/aromatic N) is 1. The van der Waals surface area contributed by atoms with Crippen LogP contribution < -0.4 is 10.2 Å². The van der Waals surface area contributed by atoms with Gasteiger partial charge >= 0.3 is 0 Å². The summed E-state index contributed by atoms with van der Waals surface area (Å²) >= 11 is 0. The molecule has 130 valence electrons. The van der Waals surface area contributed by atoms with Gasteiger partial charge in [-0.25, -0.2) is 0 Å². The SMILES string of the molecule is CC(=O)N1c2ccccc2C(Nc2ccccc2)C(C)C1C1CCC1. The van der Waals surface area contributed by atoms with E-state index in [4.69, 9.17) is 0 Å². The van der Waals surface area contributed by atoms with Crippen LogP contribution in [0.5, 0.6) is 0 Å². The normalized spacial score (nSPS) is 25.8. The van der Waals surface area contributed by atoms with Crippen molar-refractivity contribution >= 4 is 17.3 Å². The average Bonchev–Trinajstić information content (AvgIpc) is 2.57. The molecular formula is C22H26N2O. The van der Waals surface area contributed by atoms with Gasteiger partial charge in [0.05, 0.1) is 6.04 Å². The summed E-state index contributed by atoms with van der Waals surface area (Å²) < 4.78 is 0. The van der Waals surface area contributed by atoms with Crippen LogP contribution in [0.4, 0.5) is 11.4 Å². The van der Waals surface area contributed by atoms with Gasteiger partial charge in [-0.2, -0.15) is 0 Å². The second kappa shape index (κ2) is 6.55. The van der Waals surface area contributed by atoms with Gasteiger partial charge in [0.1, 0.15) is 0 Å². The number of hydrogen-bond donors (Lipinski definition) is 1. The molecule has 1 aliphatic carbocycles.